The molecule has 6 nitrogen and oxygen atoms in total. The van der Waals surface area contributed by atoms with E-state index in [2.05, 4.69) is 5.32 Å². The summed E-state index contributed by atoms with van der Waals surface area (Å²) >= 11 is 0. The van der Waals surface area contributed by atoms with E-state index in [-0.39, 0.29) is 43.6 Å². The highest BCUT2D eigenvalue weighted by atomic mass is 19.1. The van der Waals surface area contributed by atoms with E-state index in [0.717, 1.165) is 6.07 Å². The van der Waals surface area contributed by atoms with Gasteiger partial charge in [0, 0.05) is 19.0 Å². The van der Waals surface area contributed by atoms with Gasteiger partial charge in [0.05, 0.1) is 25.3 Å². The molecule has 2 aromatic rings. The maximum atomic E-state index is 13.9. The zero-order chi connectivity index (χ0) is 20.1. The molecule has 1 aliphatic rings. The van der Waals surface area contributed by atoms with Crippen LogP contribution < -0.4 is 19.7 Å². The number of methoxy groups -OCH3 is 1. The second-order valence-electron chi connectivity index (χ2n) is 6.32. The number of halogens is 2. The summed E-state index contributed by atoms with van der Waals surface area (Å²) < 4.78 is 37.5. The Balaban J connectivity index is 1.47. The number of ether oxygens (including phenoxy) is 2. The summed E-state index contributed by atoms with van der Waals surface area (Å²) in [6.07, 6.45) is -0.0258. The molecule has 0 aromatic heterocycles. The predicted octanol–water partition coefficient (Wildman–Crippen LogP) is 2.52. The van der Waals surface area contributed by atoms with Gasteiger partial charge in [0.1, 0.15) is 29.7 Å². The number of nitrogens with zero attached hydrogens (tertiary/aromatic N) is 1. The first kappa shape index (κ1) is 19.6. The van der Waals surface area contributed by atoms with Crippen molar-refractivity contribution < 1.29 is 27.8 Å². The van der Waals surface area contributed by atoms with Gasteiger partial charge < -0.3 is 19.7 Å². The number of carbonyl (C=O) groups is 2. The summed E-state index contributed by atoms with van der Waals surface area (Å²) in [6.45, 7) is 0.571. The van der Waals surface area contributed by atoms with Gasteiger partial charge in [-0.1, -0.05) is 0 Å². The quantitative estimate of drug-likeness (QED) is 0.738. The molecule has 0 radical (unpaired) electrons. The van der Waals surface area contributed by atoms with Gasteiger partial charge in [0.15, 0.2) is 0 Å². The van der Waals surface area contributed by atoms with Crippen LogP contribution in [0.1, 0.15) is 6.42 Å². The summed E-state index contributed by atoms with van der Waals surface area (Å²) in [6, 6.07) is 10.0. The van der Waals surface area contributed by atoms with Crippen molar-refractivity contribution in [3.63, 3.8) is 0 Å². The van der Waals surface area contributed by atoms with Crippen LogP contribution in [0.2, 0.25) is 0 Å². The standard InChI is InChI=1S/C20H20F2N2O4/c1-27-15-3-5-16(6-4-15)28-9-8-23-20(26)13-10-19(25)24(12-13)18-7-2-14(21)11-17(18)22/h2-7,11,13H,8-10,12H2,1H3,(H,23,26). The van der Waals surface area contributed by atoms with Crippen LogP contribution in [0.4, 0.5) is 14.5 Å². The van der Waals surface area contributed by atoms with Crippen LogP contribution in [0.15, 0.2) is 42.5 Å². The summed E-state index contributed by atoms with van der Waals surface area (Å²) in [4.78, 5) is 25.6. The molecule has 28 heavy (non-hydrogen) atoms. The van der Waals surface area contributed by atoms with E-state index in [1.165, 1.54) is 11.0 Å². The van der Waals surface area contributed by atoms with Crippen LogP contribution in [0.5, 0.6) is 11.5 Å². The zero-order valence-electron chi connectivity index (χ0n) is 15.3. The molecule has 0 spiro atoms. The molecule has 1 aliphatic heterocycles. The monoisotopic (exact) mass is 390 g/mol. The highest BCUT2D eigenvalue weighted by molar-refractivity contribution is 6.00. The van der Waals surface area contributed by atoms with Crippen LogP contribution in [-0.4, -0.2) is 38.6 Å². The molecule has 2 amide bonds. The third-order valence-corrected chi connectivity index (χ3v) is 4.43. The fourth-order valence-corrected chi connectivity index (χ4v) is 2.98. The molecule has 1 unspecified atom stereocenters. The van der Waals surface area contributed by atoms with Crippen LogP contribution >= 0.6 is 0 Å². The lowest BCUT2D eigenvalue weighted by Crippen LogP contribution is -2.35. The minimum Gasteiger partial charge on any atom is -0.497 e. The lowest BCUT2D eigenvalue weighted by Gasteiger charge is -2.17. The molecule has 0 bridgehead atoms. The Morgan fingerprint density at radius 3 is 2.57 bits per heavy atom. The number of amides is 2. The summed E-state index contributed by atoms with van der Waals surface area (Å²) in [5, 5.41) is 2.71. The predicted molar refractivity (Wildman–Crippen MR) is 98.3 cm³/mol. The van der Waals surface area contributed by atoms with Crippen molar-refractivity contribution in [2.45, 2.75) is 6.42 Å². The number of nitrogens with one attached hydrogen (secondary N) is 1. The molecule has 2 aromatic carbocycles. The SMILES string of the molecule is COc1ccc(OCCNC(=O)C2CC(=O)N(c3ccc(F)cc3F)C2)cc1. The number of carbonyl (C=O) groups excluding carboxylic acids is 2. The van der Waals surface area contributed by atoms with Crippen LogP contribution in [-0.2, 0) is 9.59 Å². The van der Waals surface area contributed by atoms with Crippen LogP contribution in [0.25, 0.3) is 0 Å². The molecule has 1 N–H and O–H groups in total. The van der Waals surface area contributed by atoms with Crippen molar-refractivity contribution in [1.29, 1.82) is 0 Å². The fraction of sp³-hybridized carbons (Fsp3) is 0.300. The van der Waals surface area contributed by atoms with Crippen molar-refractivity contribution in [2.24, 2.45) is 5.92 Å². The molecule has 3 rings (SSSR count). The second-order valence-corrected chi connectivity index (χ2v) is 6.32. The Morgan fingerprint density at radius 1 is 1.18 bits per heavy atom. The summed E-state index contributed by atoms with van der Waals surface area (Å²) in [5.74, 6) is -1.48. The minimum atomic E-state index is -0.831. The molecule has 1 atom stereocenters. The molecular formula is C20H20F2N2O4. The highest BCUT2D eigenvalue weighted by Crippen LogP contribution is 2.28. The number of hydrogen-bond donors (Lipinski definition) is 1. The number of hydrogen-bond acceptors (Lipinski definition) is 4. The molecule has 148 valence electrons. The van der Waals surface area contributed by atoms with E-state index in [4.69, 9.17) is 9.47 Å². The minimum absolute atomic E-state index is 0.0236. The second kappa shape index (κ2) is 8.69. The Kier molecular flexibility index (Phi) is 6.08. The van der Waals surface area contributed by atoms with E-state index in [0.29, 0.717) is 17.6 Å². The lowest BCUT2D eigenvalue weighted by molar-refractivity contribution is -0.126. The number of rotatable bonds is 7. The molecule has 1 heterocycles. The van der Waals surface area contributed by atoms with E-state index in [1.807, 2.05) is 0 Å². The highest BCUT2D eigenvalue weighted by Gasteiger charge is 2.36. The first-order valence-electron chi connectivity index (χ1n) is 8.78. The summed E-state index contributed by atoms with van der Waals surface area (Å²) in [5.41, 5.74) is -0.0236. The van der Waals surface area contributed by atoms with Gasteiger partial charge in [0.2, 0.25) is 11.8 Å². The Hall–Kier alpha value is -3.16. The van der Waals surface area contributed by atoms with E-state index < -0.39 is 17.6 Å². The van der Waals surface area contributed by atoms with Gasteiger partial charge in [-0.3, -0.25) is 9.59 Å². The van der Waals surface area contributed by atoms with Crippen molar-refractivity contribution >= 4 is 17.5 Å². The number of benzene rings is 2. The van der Waals surface area contributed by atoms with Crippen molar-refractivity contribution in [2.75, 3.05) is 31.7 Å². The first-order chi connectivity index (χ1) is 13.5. The molecule has 1 saturated heterocycles. The average Bonchev–Trinajstić information content (AvgIpc) is 3.07. The fourth-order valence-electron chi connectivity index (χ4n) is 2.98. The van der Waals surface area contributed by atoms with Crippen LogP contribution in [0.3, 0.4) is 0 Å². The summed E-state index contributed by atoms with van der Waals surface area (Å²) in [7, 11) is 1.57. The third kappa shape index (κ3) is 4.57. The first-order valence-corrected chi connectivity index (χ1v) is 8.78. The molecule has 8 heteroatoms. The van der Waals surface area contributed by atoms with Crippen LogP contribution in [0, 0.1) is 17.6 Å². The van der Waals surface area contributed by atoms with Gasteiger partial charge >= 0.3 is 0 Å². The van der Waals surface area contributed by atoms with E-state index >= 15 is 0 Å². The maximum Gasteiger partial charge on any atom is 0.227 e. The smallest absolute Gasteiger partial charge is 0.227 e. The normalized spacial score (nSPS) is 16.2. The van der Waals surface area contributed by atoms with Gasteiger partial charge in [0.25, 0.3) is 0 Å². The van der Waals surface area contributed by atoms with Crippen molar-refractivity contribution in [1.82, 2.24) is 5.32 Å². The molecule has 0 aliphatic carbocycles. The van der Waals surface area contributed by atoms with E-state index in [1.54, 1.807) is 31.4 Å². The maximum absolute atomic E-state index is 13.9. The average molecular weight is 390 g/mol. The van der Waals surface area contributed by atoms with Gasteiger partial charge in [-0.05, 0) is 36.4 Å². The van der Waals surface area contributed by atoms with E-state index in [9.17, 15) is 18.4 Å². The molecular weight excluding hydrogens is 370 g/mol. The Morgan fingerprint density at radius 2 is 1.89 bits per heavy atom. The molecule has 1 fully saturated rings. The molecule has 0 saturated carbocycles. The number of anilines is 1. The van der Waals surface area contributed by atoms with Crippen molar-refractivity contribution in [3.8, 4) is 11.5 Å². The van der Waals surface area contributed by atoms with Gasteiger partial charge in [-0.25, -0.2) is 8.78 Å². The lowest BCUT2D eigenvalue weighted by atomic mass is 10.1. The van der Waals surface area contributed by atoms with Crippen molar-refractivity contribution in [3.05, 3.63) is 54.1 Å². The largest absolute Gasteiger partial charge is 0.497 e. The zero-order valence-corrected chi connectivity index (χ0v) is 15.3. The van der Waals surface area contributed by atoms with Gasteiger partial charge in [-0.15, -0.1) is 0 Å². The Bertz CT molecular complexity index is 858. The topological polar surface area (TPSA) is 67.9 Å². The van der Waals surface area contributed by atoms with Gasteiger partial charge in [-0.2, -0.15) is 0 Å². The Labute approximate surface area is 161 Å². The third-order valence-electron chi connectivity index (χ3n) is 4.43.